The van der Waals surface area contributed by atoms with Crippen molar-refractivity contribution in [3.63, 3.8) is 0 Å². The maximum atomic E-state index is 13.9. The maximum Gasteiger partial charge on any atom is 0.304 e. The number of rotatable bonds is 12. The summed E-state index contributed by atoms with van der Waals surface area (Å²) in [6, 6.07) is 21.4. The first-order chi connectivity index (χ1) is 22.0. The van der Waals surface area contributed by atoms with E-state index in [2.05, 4.69) is 0 Å². The van der Waals surface area contributed by atoms with Gasteiger partial charge < -0.3 is 24.7 Å². The molecule has 0 bridgehead atoms. The van der Waals surface area contributed by atoms with E-state index < -0.39 is 29.6 Å². The topological polar surface area (TPSA) is 128 Å². The van der Waals surface area contributed by atoms with Crippen LogP contribution in [0.1, 0.15) is 43.4 Å². The van der Waals surface area contributed by atoms with E-state index in [1.807, 2.05) is 30.3 Å². The molecule has 2 aliphatic rings. The van der Waals surface area contributed by atoms with Crippen molar-refractivity contribution in [3.8, 4) is 0 Å². The predicted octanol–water partition coefficient (Wildman–Crippen LogP) is 4.30. The van der Waals surface area contributed by atoms with E-state index in [9.17, 15) is 29.4 Å². The number of benzene rings is 3. The maximum absolute atomic E-state index is 13.9. The number of hydrogen-bond donors (Lipinski definition) is 2. The van der Waals surface area contributed by atoms with Crippen molar-refractivity contribution >= 4 is 46.7 Å². The number of halogens is 1. The van der Waals surface area contributed by atoms with Gasteiger partial charge in [0.2, 0.25) is 11.8 Å². The minimum atomic E-state index is -1.93. The Hall–Kier alpha value is -4.51. The van der Waals surface area contributed by atoms with Gasteiger partial charge in [-0.1, -0.05) is 73.1 Å². The summed E-state index contributed by atoms with van der Waals surface area (Å²) in [5, 5.41) is 21.8. The van der Waals surface area contributed by atoms with Crippen LogP contribution >= 0.6 is 11.6 Å². The third-order valence-corrected chi connectivity index (χ3v) is 8.54. The zero-order chi connectivity index (χ0) is 33.0. The number of aliphatic hydroxyl groups excluding tert-OH is 1. The van der Waals surface area contributed by atoms with Gasteiger partial charge in [-0.2, -0.15) is 0 Å². The van der Waals surface area contributed by atoms with Crippen molar-refractivity contribution in [1.29, 1.82) is 0 Å². The van der Waals surface area contributed by atoms with Gasteiger partial charge in [0, 0.05) is 48.6 Å². The van der Waals surface area contributed by atoms with Crippen LogP contribution in [0.4, 0.5) is 11.4 Å². The highest BCUT2D eigenvalue weighted by Crippen LogP contribution is 2.47. The largest absolute Gasteiger partial charge is 0.441 e. The first kappa shape index (κ1) is 32.9. The Bertz CT molecular complexity index is 1650. The fourth-order valence-corrected chi connectivity index (χ4v) is 6.03. The van der Waals surface area contributed by atoms with Crippen molar-refractivity contribution < 1.29 is 34.1 Å². The van der Waals surface area contributed by atoms with Crippen LogP contribution in [0.25, 0.3) is 0 Å². The molecule has 0 spiro atoms. The predicted molar refractivity (Wildman–Crippen MR) is 173 cm³/mol. The molecule has 0 radical (unpaired) electrons. The molecule has 0 saturated carbocycles. The van der Waals surface area contributed by atoms with Gasteiger partial charge in [-0.05, 0) is 41.5 Å². The van der Waals surface area contributed by atoms with Crippen LogP contribution in [0, 0.1) is 5.92 Å². The Morgan fingerprint density at radius 3 is 2.46 bits per heavy atom. The van der Waals surface area contributed by atoms with Gasteiger partial charge in [0.25, 0.3) is 5.91 Å². The average molecular weight is 646 g/mol. The second-order valence-electron chi connectivity index (χ2n) is 11.5. The van der Waals surface area contributed by atoms with Gasteiger partial charge in [-0.3, -0.25) is 24.1 Å². The van der Waals surface area contributed by atoms with Crippen LogP contribution in [-0.4, -0.2) is 58.2 Å². The standard InChI is InChI=1S/C35H36ClN3O7/c1-23(7-6-10-31(42)37(17-18-40)21-25-8-4-3-5-9-25)35(45)29-19-27(36)13-16-30(29)38(34(35)44)22-26-11-14-28(15-12-26)39-32(43)20-33(39)46-24(2)41/h3-9,11-16,19,23,33,40,45H,10,17-18,20-22H2,1-2H3/b7-6+/t23-,33?,35+/m0/s1. The minimum absolute atomic E-state index is 0.0255. The number of carbonyl (C=O) groups is 4. The molecule has 0 aliphatic carbocycles. The van der Waals surface area contributed by atoms with Crippen LogP contribution in [0.15, 0.2) is 84.9 Å². The van der Waals surface area contributed by atoms with E-state index in [0.717, 1.165) is 11.1 Å². The van der Waals surface area contributed by atoms with Crippen LogP contribution in [0.3, 0.4) is 0 Å². The summed E-state index contributed by atoms with van der Waals surface area (Å²) in [4.78, 5) is 55.0. The number of esters is 1. The zero-order valence-corrected chi connectivity index (χ0v) is 26.4. The van der Waals surface area contributed by atoms with Crippen LogP contribution in [-0.2, 0) is 42.6 Å². The third-order valence-electron chi connectivity index (χ3n) is 8.31. The Labute approximate surface area is 272 Å². The normalized spacial score (nSPS) is 19.6. The van der Waals surface area contributed by atoms with E-state index in [-0.39, 0.29) is 44.4 Å². The lowest BCUT2D eigenvalue weighted by Gasteiger charge is -2.39. The number of β-lactam (4-membered cyclic amide) rings is 1. The molecule has 3 aromatic rings. The lowest BCUT2D eigenvalue weighted by Crippen LogP contribution is -2.54. The quantitative estimate of drug-likeness (QED) is 0.171. The minimum Gasteiger partial charge on any atom is -0.441 e. The number of ether oxygens (including phenoxy) is 1. The highest BCUT2D eigenvalue weighted by molar-refractivity contribution is 6.31. The molecule has 1 fully saturated rings. The first-order valence-electron chi connectivity index (χ1n) is 15.0. The Morgan fingerprint density at radius 2 is 1.80 bits per heavy atom. The average Bonchev–Trinajstić information content (AvgIpc) is 3.23. The summed E-state index contributed by atoms with van der Waals surface area (Å²) < 4.78 is 5.20. The lowest BCUT2D eigenvalue weighted by molar-refractivity contribution is -0.154. The van der Waals surface area contributed by atoms with E-state index >= 15 is 0 Å². The number of carbonyl (C=O) groups excluding carboxylic acids is 4. The fourth-order valence-electron chi connectivity index (χ4n) is 5.86. The number of fused-ring (bicyclic) bond motifs is 1. The summed E-state index contributed by atoms with van der Waals surface area (Å²) in [6.07, 6.45) is 2.80. The van der Waals surface area contributed by atoms with Crippen molar-refractivity contribution in [2.24, 2.45) is 5.92 Å². The highest BCUT2D eigenvalue weighted by atomic mass is 35.5. The number of aliphatic hydroxyl groups is 2. The van der Waals surface area contributed by atoms with Crippen LogP contribution in [0.5, 0.6) is 0 Å². The summed E-state index contributed by atoms with van der Waals surface area (Å²) in [6.45, 7) is 3.51. The zero-order valence-electron chi connectivity index (χ0n) is 25.6. The summed E-state index contributed by atoms with van der Waals surface area (Å²) >= 11 is 6.32. The molecule has 1 saturated heterocycles. The molecule has 2 aliphatic heterocycles. The molecule has 11 heteroatoms. The number of nitrogens with zero attached hydrogens (tertiary/aromatic N) is 3. The van der Waals surface area contributed by atoms with Gasteiger partial charge in [0.15, 0.2) is 11.8 Å². The molecule has 0 aromatic heterocycles. The molecule has 2 N–H and O–H groups in total. The van der Waals surface area contributed by atoms with E-state index in [1.165, 1.54) is 16.7 Å². The number of hydrogen-bond acceptors (Lipinski definition) is 7. The Morgan fingerprint density at radius 1 is 1.09 bits per heavy atom. The van der Waals surface area contributed by atoms with Gasteiger partial charge in [-0.15, -0.1) is 0 Å². The van der Waals surface area contributed by atoms with E-state index in [4.69, 9.17) is 16.3 Å². The van der Waals surface area contributed by atoms with E-state index in [0.29, 0.717) is 28.5 Å². The summed E-state index contributed by atoms with van der Waals surface area (Å²) in [5.41, 5.74) is 1.20. The molecule has 10 nitrogen and oxygen atoms in total. The van der Waals surface area contributed by atoms with E-state index in [1.54, 1.807) is 66.4 Å². The van der Waals surface area contributed by atoms with Gasteiger partial charge in [-0.25, -0.2) is 0 Å². The monoisotopic (exact) mass is 645 g/mol. The second-order valence-corrected chi connectivity index (χ2v) is 11.9. The first-order valence-corrected chi connectivity index (χ1v) is 15.4. The molecular formula is C35H36ClN3O7. The summed E-state index contributed by atoms with van der Waals surface area (Å²) in [7, 11) is 0. The molecule has 1 unspecified atom stereocenters. The van der Waals surface area contributed by atoms with Crippen LogP contribution < -0.4 is 9.80 Å². The number of amides is 3. The molecule has 240 valence electrons. The molecule has 5 rings (SSSR count). The smallest absolute Gasteiger partial charge is 0.304 e. The Kier molecular flexibility index (Phi) is 9.91. The van der Waals surface area contributed by atoms with Crippen molar-refractivity contribution in [1.82, 2.24) is 4.90 Å². The van der Waals surface area contributed by atoms with Gasteiger partial charge >= 0.3 is 5.97 Å². The van der Waals surface area contributed by atoms with Crippen molar-refractivity contribution in [2.75, 3.05) is 23.0 Å². The Balaban J connectivity index is 1.30. The molecular weight excluding hydrogens is 610 g/mol. The van der Waals surface area contributed by atoms with Crippen LogP contribution in [0.2, 0.25) is 5.02 Å². The third kappa shape index (κ3) is 6.69. The summed E-state index contributed by atoms with van der Waals surface area (Å²) in [5.74, 6) is -2.07. The van der Waals surface area contributed by atoms with Crippen molar-refractivity contribution in [3.05, 3.63) is 107 Å². The molecule has 3 atom stereocenters. The molecule has 3 aromatic carbocycles. The second kappa shape index (κ2) is 13.9. The lowest BCUT2D eigenvalue weighted by atomic mass is 9.83. The highest BCUT2D eigenvalue weighted by Gasteiger charge is 2.52. The van der Waals surface area contributed by atoms with Crippen molar-refractivity contribution in [2.45, 2.75) is 51.6 Å². The van der Waals surface area contributed by atoms with Gasteiger partial charge in [0.1, 0.15) is 0 Å². The SMILES string of the molecule is CC(=O)OC1CC(=O)N1c1ccc(CN2C(=O)[C@@](O)([C@@H](C)/C=C/CC(=O)N(CCO)Cc3ccccc3)c3cc(Cl)ccc32)cc1. The molecule has 46 heavy (non-hydrogen) atoms. The number of anilines is 2. The molecule has 3 amide bonds. The molecule has 2 heterocycles. The fraction of sp³-hybridized carbons (Fsp3) is 0.314. The van der Waals surface area contributed by atoms with Gasteiger partial charge in [0.05, 0.1) is 25.3 Å².